The number of aromatic hydroxyl groups is 1. The number of fused-ring (bicyclic) bond motifs is 1. The number of phenolic OH excluding ortho intramolecular Hbond substituents is 1. The van der Waals surface area contributed by atoms with Gasteiger partial charge in [0, 0.05) is 16.6 Å². The Morgan fingerprint density at radius 2 is 1.96 bits per heavy atom. The first-order valence-corrected chi connectivity index (χ1v) is 7.89. The number of rotatable bonds is 2. The second kappa shape index (κ2) is 5.49. The number of nitrogens with one attached hydrogen (secondary N) is 1. The van der Waals surface area contributed by atoms with Crippen LogP contribution in [0.2, 0.25) is 0 Å². The van der Waals surface area contributed by atoms with Gasteiger partial charge in [-0.05, 0) is 42.0 Å². The lowest BCUT2D eigenvalue weighted by Gasteiger charge is -2.19. The van der Waals surface area contributed by atoms with Crippen LogP contribution in [-0.4, -0.2) is 21.5 Å². The SMILES string of the molecule is Oc1cc(-c2ccc(-c3ccccn3)s2)cc2c1N=CNC2O. The molecule has 0 fully saturated rings. The van der Waals surface area contributed by atoms with Gasteiger partial charge in [-0.2, -0.15) is 0 Å². The topological polar surface area (TPSA) is 77.7 Å². The summed E-state index contributed by atoms with van der Waals surface area (Å²) in [6, 6.07) is 13.3. The third kappa shape index (κ3) is 2.48. The van der Waals surface area contributed by atoms with E-state index in [0.29, 0.717) is 11.3 Å². The fourth-order valence-corrected chi connectivity index (χ4v) is 3.50. The lowest BCUT2D eigenvalue weighted by Crippen LogP contribution is -2.22. The second-order valence-corrected chi connectivity index (χ2v) is 6.22. The fraction of sp³-hybridized carbons (Fsp3) is 0.0588. The molecule has 1 unspecified atom stereocenters. The van der Waals surface area contributed by atoms with Crippen LogP contribution in [-0.2, 0) is 0 Å². The number of aromatic nitrogens is 1. The van der Waals surface area contributed by atoms with Crippen LogP contribution < -0.4 is 5.32 Å². The van der Waals surface area contributed by atoms with Crippen molar-refractivity contribution < 1.29 is 10.2 Å². The largest absolute Gasteiger partial charge is 0.506 e. The van der Waals surface area contributed by atoms with Crippen molar-refractivity contribution in [2.45, 2.75) is 6.23 Å². The molecule has 3 aromatic rings. The first-order valence-electron chi connectivity index (χ1n) is 7.07. The van der Waals surface area contributed by atoms with Crippen LogP contribution in [0.4, 0.5) is 5.69 Å². The van der Waals surface area contributed by atoms with Crippen molar-refractivity contribution in [3.8, 4) is 26.8 Å². The summed E-state index contributed by atoms with van der Waals surface area (Å²) in [6.07, 6.45) is 2.28. The lowest BCUT2D eigenvalue weighted by molar-refractivity contribution is 0.163. The molecule has 2 aromatic heterocycles. The molecular formula is C17H13N3O2S. The van der Waals surface area contributed by atoms with Crippen LogP contribution in [0.25, 0.3) is 21.0 Å². The molecule has 1 aliphatic heterocycles. The number of phenols is 1. The van der Waals surface area contributed by atoms with Crippen LogP contribution in [0.5, 0.6) is 5.75 Å². The van der Waals surface area contributed by atoms with Gasteiger partial charge in [0.1, 0.15) is 11.4 Å². The van der Waals surface area contributed by atoms with Crippen molar-refractivity contribution in [3.63, 3.8) is 0 Å². The van der Waals surface area contributed by atoms with E-state index in [0.717, 1.165) is 21.0 Å². The minimum Gasteiger partial charge on any atom is -0.506 e. The molecule has 0 saturated carbocycles. The number of hydrogen-bond acceptors (Lipinski definition) is 6. The maximum Gasteiger partial charge on any atom is 0.153 e. The predicted octanol–water partition coefficient (Wildman–Crippen LogP) is 3.44. The Morgan fingerprint density at radius 1 is 1.09 bits per heavy atom. The van der Waals surface area contributed by atoms with Gasteiger partial charge in [0.2, 0.25) is 0 Å². The van der Waals surface area contributed by atoms with Gasteiger partial charge >= 0.3 is 0 Å². The minimum atomic E-state index is -0.872. The van der Waals surface area contributed by atoms with E-state index in [1.165, 1.54) is 6.34 Å². The molecule has 1 aromatic carbocycles. The molecule has 0 aliphatic carbocycles. The van der Waals surface area contributed by atoms with Gasteiger partial charge in [0.15, 0.2) is 6.23 Å². The molecule has 3 heterocycles. The third-order valence-corrected chi connectivity index (χ3v) is 4.80. The van der Waals surface area contributed by atoms with Crippen molar-refractivity contribution in [1.82, 2.24) is 10.3 Å². The van der Waals surface area contributed by atoms with E-state index in [1.54, 1.807) is 23.6 Å². The van der Waals surface area contributed by atoms with Crippen LogP contribution in [0, 0.1) is 0 Å². The Labute approximate surface area is 136 Å². The number of pyridine rings is 1. The highest BCUT2D eigenvalue weighted by Gasteiger charge is 2.20. The molecule has 1 aliphatic rings. The van der Waals surface area contributed by atoms with Crippen LogP contribution in [0.15, 0.2) is 53.7 Å². The first-order chi connectivity index (χ1) is 11.2. The zero-order valence-corrected chi connectivity index (χ0v) is 12.8. The van der Waals surface area contributed by atoms with E-state index in [4.69, 9.17) is 0 Å². The van der Waals surface area contributed by atoms with Gasteiger partial charge in [-0.3, -0.25) is 4.98 Å². The molecule has 114 valence electrons. The first kappa shape index (κ1) is 13.9. The van der Waals surface area contributed by atoms with Gasteiger partial charge in [-0.15, -0.1) is 11.3 Å². The molecule has 0 saturated heterocycles. The summed E-state index contributed by atoms with van der Waals surface area (Å²) in [5, 5.41) is 22.9. The van der Waals surface area contributed by atoms with Gasteiger partial charge < -0.3 is 15.5 Å². The Balaban J connectivity index is 1.77. The molecular weight excluding hydrogens is 310 g/mol. The minimum absolute atomic E-state index is 0.0575. The van der Waals surface area contributed by atoms with E-state index in [9.17, 15) is 10.2 Å². The maximum absolute atomic E-state index is 10.2. The van der Waals surface area contributed by atoms with Gasteiger partial charge in [-0.1, -0.05) is 6.07 Å². The number of aliphatic hydroxyl groups is 1. The van der Waals surface area contributed by atoms with E-state index in [-0.39, 0.29) is 5.75 Å². The number of aliphatic hydroxyl groups excluding tert-OH is 1. The highest BCUT2D eigenvalue weighted by molar-refractivity contribution is 7.18. The smallest absolute Gasteiger partial charge is 0.153 e. The summed E-state index contributed by atoms with van der Waals surface area (Å²) in [7, 11) is 0. The molecule has 0 spiro atoms. The Hall–Kier alpha value is -2.70. The van der Waals surface area contributed by atoms with E-state index in [1.807, 2.05) is 36.4 Å². The van der Waals surface area contributed by atoms with Gasteiger partial charge in [-0.25, -0.2) is 4.99 Å². The zero-order valence-electron chi connectivity index (χ0n) is 12.0. The van der Waals surface area contributed by atoms with Crippen LogP contribution in [0.3, 0.4) is 0 Å². The Kier molecular flexibility index (Phi) is 3.33. The van der Waals surface area contributed by atoms with Crippen molar-refractivity contribution in [3.05, 3.63) is 54.2 Å². The second-order valence-electron chi connectivity index (χ2n) is 5.14. The molecule has 23 heavy (non-hydrogen) atoms. The summed E-state index contributed by atoms with van der Waals surface area (Å²) in [5.74, 6) is 0.0575. The molecule has 6 heteroatoms. The summed E-state index contributed by atoms with van der Waals surface area (Å²) in [4.78, 5) is 10.5. The molecule has 3 N–H and O–H groups in total. The number of nitrogens with zero attached hydrogens (tertiary/aromatic N) is 2. The standard InChI is InChI=1S/C17H13N3O2S/c21-13-8-10(7-11-16(13)19-9-20-17(11)22)14-4-5-15(23-14)12-3-1-2-6-18-12/h1-9,17,21-22H,(H,19,20). The Morgan fingerprint density at radius 3 is 2.78 bits per heavy atom. The van der Waals surface area contributed by atoms with Crippen molar-refractivity contribution in [2.75, 3.05) is 0 Å². The fourth-order valence-electron chi connectivity index (χ4n) is 2.53. The van der Waals surface area contributed by atoms with Crippen LogP contribution in [0.1, 0.15) is 11.8 Å². The molecule has 0 radical (unpaired) electrons. The number of hydrogen-bond donors (Lipinski definition) is 3. The quantitative estimate of drug-likeness (QED) is 0.675. The average Bonchev–Trinajstić information content (AvgIpc) is 3.07. The summed E-state index contributed by atoms with van der Waals surface area (Å²) < 4.78 is 0. The molecule has 0 bridgehead atoms. The Bertz CT molecular complexity index is 890. The maximum atomic E-state index is 10.2. The van der Waals surface area contributed by atoms with Crippen molar-refractivity contribution in [2.24, 2.45) is 4.99 Å². The van der Waals surface area contributed by atoms with Crippen molar-refractivity contribution >= 4 is 23.4 Å². The van der Waals surface area contributed by atoms with Gasteiger partial charge in [0.05, 0.1) is 16.9 Å². The molecule has 1 atom stereocenters. The normalized spacial score (nSPS) is 16.0. The van der Waals surface area contributed by atoms with Crippen molar-refractivity contribution in [1.29, 1.82) is 0 Å². The monoisotopic (exact) mass is 323 g/mol. The molecule has 0 amide bonds. The predicted molar refractivity (Wildman–Crippen MR) is 90.9 cm³/mol. The van der Waals surface area contributed by atoms with E-state index >= 15 is 0 Å². The zero-order chi connectivity index (χ0) is 15.8. The third-order valence-electron chi connectivity index (χ3n) is 3.65. The molecule has 5 nitrogen and oxygen atoms in total. The summed E-state index contributed by atoms with van der Waals surface area (Å²) in [5.41, 5.74) is 2.72. The highest BCUT2D eigenvalue weighted by Crippen LogP contribution is 2.42. The van der Waals surface area contributed by atoms with E-state index in [2.05, 4.69) is 15.3 Å². The average molecular weight is 323 g/mol. The number of aliphatic imine (C=N–C) groups is 1. The highest BCUT2D eigenvalue weighted by atomic mass is 32.1. The number of thiophene rings is 1. The summed E-state index contributed by atoms with van der Waals surface area (Å²) in [6.45, 7) is 0. The number of benzene rings is 1. The van der Waals surface area contributed by atoms with E-state index < -0.39 is 6.23 Å². The molecule has 4 rings (SSSR count). The van der Waals surface area contributed by atoms with Crippen LogP contribution >= 0.6 is 11.3 Å². The van der Waals surface area contributed by atoms with Gasteiger partial charge in [0.25, 0.3) is 0 Å². The summed E-state index contributed by atoms with van der Waals surface area (Å²) >= 11 is 1.59. The lowest BCUT2D eigenvalue weighted by atomic mass is 10.0.